The van der Waals surface area contributed by atoms with Crippen LogP contribution in [0.4, 0.5) is 13.2 Å². The lowest BCUT2D eigenvalue weighted by Gasteiger charge is -2.07. The van der Waals surface area contributed by atoms with Crippen LogP contribution < -0.4 is 0 Å². The Balaban J connectivity index is 2.22. The van der Waals surface area contributed by atoms with Crippen molar-refractivity contribution in [3.05, 3.63) is 47.8 Å². The predicted molar refractivity (Wildman–Crippen MR) is 66.5 cm³/mol. The number of nitrogens with zero attached hydrogens (tertiary/aromatic N) is 2. The molecule has 100 valence electrons. The molecule has 1 heterocycles. The van der Waals surface area contributed by atoms with E-state index in [4.69, 9.17) is 0 Å². The molecule has 1 aromatic heterocycles. The molecular formula is C14H13F3N2. The van der Waals surface area contributed by atoms with Gasteiger partial charge in [0.25, 0.3) is 0 Å². The molecule has 2 aromatic rings. The number of aromatic nitrogens is 2. The first kappa shape index (κ1) is 13.5. The van der Waals surface area contributed by atoms with Crippen molar-refractivity contribution < 1.29 is 13.2 Å². The molecule has 2 rings (SSSR count). The molecule has 0 saturated carbocycles. The molecule has 0 fully saturated rings. The van der Waals surface area contributed by atoms with E-state index in [1.165, 1.54) is 12.1 Å². The molecular weight excluding hydrogens is 253 g/mol. The Bertz CT molecular complexity index is 530. The Morgan fingerprint density at radius 1 is 1.00 bits per heavy atom. The zero-order chi connectivity index (χ0) is 13.9. The minimum absolute atomic E-state index is 0.438. The third-order valence-electron chi connectivity index (χ3n) is 2.71. The molecule has 2 nitrogen and oxygen atoms in total. The van der Waals surface area contributed by atoms with Crippen LogP contribution in [0.3, 0.4) is 0 Å². The fourth-order valence-corrected chi connectivity index (χ4v) is 1.73. The summed E-state index contributed by atoms with van der Waals surface area (Å²) in [4.78, 5) is 8.33. The zero-order valence-electron chi connectivity index (χ0n) is 10.4. The third kappa shape index (κ3) is 3.30. The summed E-state index contributed by atoms with van der Waals surface area (Å²) in [5.74, 6) is 0.438. The van der Waals surface area contributed by atoms with Crippen molar-refractivity contribution in [2.75, 3.05) is 0 Å². The molecule has 0 bridgehead atoms. The second kappa shape index (κ2) is 5.38. The summed E-state index contributed by atoms with van der Waals surface area (Å²) >= 11 is 0. The van der Waals surface area contributed by atoms with E-state index in [9.17, 15) is 13.2 Å². The Morgan fingerprint density at radius 3 is 2.05 bits per heavy atom. The number of rotatable bonds is 3. The number of alkyl halides is 3. The van der Waals surface area contributed by atoms with Gasteiger partial charge in [0.15, 0.2) is 5.82 Å². The highest BCUT2D eigenvalue weighted by Gasteiger charge is 2.30. The van der Waals surface area contributed by atoms with Crippen molar-refractivity contribution >= 4 is 0 Å². The quantitative estimate of drug-likeness (QED) is 0.835. The van der Waals surface area contributed by atoms with Gasteiger partial charge in [0, 0.05) is 18.0 Å². The highest BCUT2D eigenvalue weighted by Crippen LogP contribution is 2.30. The molecule has 0 atom stereocenters. The summed E-state index contributed by atoms with van der Waals surface area (Å²) in [6.07, 6.45) is 1.01. The van der Waals surface area contributed by atoms with Crippen molar-refractivity contribution in [1.29, 1.82) is 0 Å². The fraction of sp³-hybridized carbons (Fsp3) is 0.286. The Hall–Kier alpha value is -1.91. The van der Waals surface area contributed by atoms with Crippen molar-refractivity contribution in [1.82, 2.24) is 9.97 Å². The van der Waals surface area contributed by atoms with Gasteiger partial charge in [0.05, 0.1) is 5.56 Å². The van der Waals surface area contributed by atoms with Crippen LogP contribution in [0.5, 0.6) is 0 Å². The van der Waals surface area contributed by atoms with Gasteiger partial charge in [-0.3, -0.25) is 0 Å². The SMILES string of the molecule is CCCc1cnc(-c2ccc(C(F)(F)F)cc2)nc1. The first-order chi connectivity index (χ1) is 9.00. The Morgan fingerprint density at radius 2 is 1.58 bits per heavy atom. The van der Waals surface area contributed by atoms with Crippen LogP contribution in [0.15, 0.2) is 36.7 Å². The van der Waals surface area contributed by atoms with E-state index in [-0.39, 0.29) is 0 Å². The van der Waals surface area contributed by atoms with Crippen molar-refractivity contribution in [2.24, 2.45) is 0 Å². The standard InChI is InChI=1S/C14H13F3N2/c1-2-3-10-8-18-13(19-9-10)11-4-6-12(7-5-11)14(15,16)17/h4-9H,2-3H2,1H3. The van der Waals surface area contributed by atoms with Gasteiger partial charge in [-0.25, -0.2) is 9.97 Å². The van der Waals surface area contributed by atoms with Crippen LogP contribution in [-0.4, -0.2) is 9.97 Å². The molecule has 5 heteroatoms. The second-order valence-corrected chi connectivity index (χ2v) is 4.24. The van der Waals surface area contributed by atoms with Gasteiger partial charge in [-0.1, -0.05) is 25.5 Å². The first-order valence-electron chi connectivity index (χ1n) is 5.99. The molecule has 0 amide bonds. The minimum atomic E-state index is -4.32. The summed E-state index contributed by atoms with van der Waals surface area (Å²) in [7, 11) is 0. The molecule has 0 N–H and O–H groups in total. The third-order valence-corrected chi connectivity index (χ3v) is 2.71. The van der Waals surface area contributed by atoms with E-state index in [2.05, 4.69) is 16.9 Å². The summed E-state index contributed by atoms with van der Waals surface area (Å²) in [6, 6.07) is 4.85. The summed E-state index contributed by atoms with van der Waals surface area (Å²) in [6.45, 7) is 2.06. The van der Waals surface area contributed by atoms with Crippen molar-refractivity contribution in [2.45, 2.75) is 25.9 Å². The zero-order valence-corrected chi connectivity index (χ0v) is 10.4. The summed E-state index contributed by atoms with van der Waals surface area (Å²) in [5.41, 5.74) is 0.938. The molecule has 0 aliphatic rings. The van der Waals surface area contributed by atoms with Gasteiger partial charge in [0.2, 0.25) is 0 Å². The monoisotopic (exact) mass is 266 g/mol. The van der Waals surface area contributed by atoms with Crippen molar-refractivity contribution in [3.8, 4) is 11.4 Å². The van der Waals surface area contributed by atoms with Crippen LogP contribution >= 0.6 is 0 Å². The molecule has 1 aromatic carbocycles. The van der Waals surface area contributed by atoms with E-state index in [1.54, 1.807) is 12.4 Å². The van der Waals surface area contributed by atoms with Crippen LogP contribution in [0.2, 0.25) is 0 Å². The molecule has 0 unspecified atom stereocenters. The van der Waals surface area contributed by atoms with E-state index in [1.807, 2.05) is 0 Å². The smallest absolute Gasteiger partial charge is 0.236 e. The van der Waals surface area contributed by atoms with Gasteiger partial charge < -0.3 is 0 Å². The molecule has 0 spiro atoms. The van der Waals surface area contributed by atoms with Crippen LogP contribution in [0, 0.1) is 0 Å². The second-order valence-electron chi connectivity index (χ2n) is 4.24. The minimum Gasteiger partial charge on any atom is -0.236 e. The Labute approximate surface area is 109 Å². The number of hydrogen-bond donors (Lipinski definition) is 0. The topological polar surface area (TPSA) is 25.8 Å². The fourth-order valence-electron chi connectivity index (χ4n) is 1.73. The number of benzene rings is 1. The lowest BCUT2D eigenvalue weighted by molar-refractivity contribution is -0.137. The lowest BCUT2D eigenvalue weighted by Crippen LogP contribution is -2.04. The maximum Gasteiger partial charge on any atom is 0.416 e. The van der Waals surface area contributed by atoms with Crippen LogP contribution in [0.1, 0.15) is 24.5 Å². The number of halogens is 3. The van der Waals surface area contributed by atoms with Crippen LogP contribution in [-0.2, 0) is 12.6 Å². The summed E-state index contributed by atoms with van der Waals surface area (Å²) in [5, 5.41) is 0. The van der Waals surface area contributed by atoms with E-state index in [0.717, 1.165) is 30.5 Å². The Kier molecular flexibility index (Phi) is 3.83. The maximum atomic E-state index is 12.4. The lowest BCUT2D eigenvalue weighted by atomic mass is 10.1. The molecule has 0 saturated heterocycles. The predicted octanol–water partition coefficient (Wildman–Crippen LogP) is 4.11. The highest BCUT2D eigenvalue weighted by molar-refractivity contribution is 5.55. The first-order valence-corrected chi connectivity index (χ1v) is 5.99. The highest BCUT2D eigenvalue weighted by atomic mass is 19.4. The van der Waals surface area contributed by atoms with Gasteiger partial charge in [-0.2, -0.15) is 13.2 Å². The van der Waals surface area contributed by atoms with Crippen molar-refractivity contribution in [3.63, 3.8) is 0 Å². The van der Waals surface area contributed by atoms with E-state index < -0.39 is 11.7 Å². The normalized spacial score (nSPS) is 11.6. The molecule has 0 aliphatic heterocycles. The molecule has 19 heavy (non-hydrogen) atoms. The summed E-state index contributed by atoms with van der Waals surface area (Å²) < 4.78 is 37.3. The van der Waals surface area contributed by atoms with Gasteiger partial charge >= 0.3 is 6.18 Å². The van der Waals surface area contributed by atoms with Crippen LogP contribution in [0.25, 0.3) is 11.4 Å². The maximum absolute atomic E-state index is 12.4. The van der Waals surface area contributed by atoms with Gasteiger partial charge in [-0.05, 0) is 24.1 Å². The van der Waals surface area contributed by atoms with E-state index >= 15 is 0 Å². The molecule has 0 radical (unpaired) electrons. The van der Waals surface area contributed by atoms with Gasteiger partial charge in [-0.15, -0.1) is 0 Å². The molecule has 0 aliphatic carbocycles. The number of aryl methyl sites for hydroxylation is 1. The number of hydrogen-bond acceptors (Lipinski definition) is 2. The average Bonchev–Trinajstić information content (AvgIpc) is 2.39. The van der Waals surface area contributed by atoms with Gasteiger partial charge in [0.1, 0.15) is 0 Å². The average molecular weight is 266 g/mol. The van der Waals surface area contributed by atoms with E-state index in [0.29, 0.717) is 11.4 Å². The largest absolute Gasteiger partial charge is 0.416 e.